The molecule has 0 saturated carbocycles. The van der Waals surface area contributed by atoms with Crippen molar-refractivity contribution in [3.8, 4) is 0 Å². The van der Waals surface area contributed by atoms with Crippen molar-refractivity contribution >= 4 is 0 Å². The van der Waals surface area contributed by atoms with Crippen LogP contribution in [0.2, 0.25) is 0 Å². The molecule has 62 valence electrons. The molecule has 0 aliphatic heterocycles. The third-order valence-electron chi connectivity index (χ3n) is 2.43. The Bertz CT molecular complexity index is 88.7. The maximum atomic E-state index is 5.44. The first kappa shape index (κ1) is 9.96. The van der Waals surface area contributed by atoms with Crippen molar-refractivity contribution in [2.24, 2.45) is 5.92 Å². The van der Waals surface area contributed by atoms with Gasteiger partial charge < -0.3 is 4.74 Å². The van der Waals surface area contributed by atoms with Crippen LogP contribution >= 0.6 is 0 Å². The summed E-state index contributed by atoms with van der Waals surface area (Å²) in [5.74, 6) is 0.609. The molecule has 0 fully saturated rings. The van der Waals surface area contributed by atoms with E-state index in [1.165, 1.54) is 6.42 Å². The standard InChI is InChI=1S/C9H20O/c1-6-7-9(4,10-5)8(2)3/h8H,6-7H2,1-5H3/t9-/m1/s1. The minimum atomic E-state index is 0.0920. The Morgan fingerprint density at radius 3 is 2.00 bits per heavy atom. The van der Waals surface area contributed by atoms with Gasteiger partial charge in [0.05, 0.1) is 5.60 Å². The summed E-state index contributed by atoms with van der Waals surface area (Å²) >= 11 is 0. The van der Waals surface area contributed by atoms with E-state index in [0.29, 0.717) is 5.92 Å². The SMILES string of the molecule is CCC[C@@](C)(OC)C(C)C. The van der Waals surface area contributed by atoms with Crippen molar-refractivity contribution in [3.05, 3.63) is 0 Å². The van der Waals surface area contributed by atoms with E-state index in [-0.39, 0.29) is 5.60 Å². The molecule has 0 aromatic carbocycles. The van der Waals surface area contributed by atoms with Crippen molar-refractivity contribution in [1.29, 1.82) is 0 Å². The van der Waals surface area contributed by atoms with E-state index in [4.69, 9.17) is 4.74 Å². The molecule has 0 aromatic heterocycles. The van der Waals surface area contributed by atoms with Gasteiger partial charge in [-0.05, 0) is 19.3 Å². The fraction of sp³-hybridized carbons (Fsp3) is 1.00. The van der Waals surface area contributed by atoms with Gasteiger partial charge in [-0.15, -0.1) is 0 Å². The lowest BCUT2D eigenvalue weighted by Gasteiger charge is -2.31. The Morgan fingerprint density at radius 1 is 1.40 bits per heavy atom. The van der Waals surface area contributed by atoms with E-state index < -0.39 is 0 Å². The number of methoxy groups -OCH3 is 1. The molecule has 0 aliphatic carbocycles. The van der Waals surface area contributed by atoms with Crippen molar-refractivity contribution in [2.45, 2.75) is 46.1 Å². The molecule has 1 heteroatoms. The second-order valence-electron chi connectivity index (χ2n) is 3.42. The van der Waals surface area contributed by atoms with E-state index in [1.807, 2.05) is 0 Å². The van der Waals surface area contributed by atoms with Crippen LogP contribution in [0.4, 0.5) is 0 Å². The molecule has 0 bridgehead atoms. The summed E-state index contributed by atoms with van der Waals surface area (Å²) in [7, 11) is 1.80. The fourth-order valence-electron chi connectivity index (χ4n) is 1.12. The minimum absolute atomic E-state index is 0.0920. The highest BCUT2D eigenvalue weighted by atomic mass is 16.5. The van der Waals surface area contributed by atoms with E-state index in [9.17, 15) is 0 Å². The van der Waals surface area contributed by atoms with Crippen LogP contribution in [0.1, 0.15) is 40.5 Å². The van der Waals surface area contributed by atoms with Crippen LogP contribution in [-0.2, 0) is 4.74 Å². The van der Waals surface area contributed by atoms with Gasteiger partial charge in [-0.25, -0.2) is 0 Å². The highest BCUT2D eigenvalue weighted by molar-refractivity contribution is 4.77. The summed E-state index contributed by atoms with van der Waals surface area (Å²) in [4.78, 5) is 0. The zero-order valence-corrected chi connectivity index (χ0v) is 7.90. The molecule has 0 unspecified atom stereocenters. The lowest BCUT2D eigenvalue weighted by atomic mass is 9.88. The second-order valence-corrected chi connectivity index (χ2v) is 3.42. The summed E-state index contributed by atoms with van der Waals surface area (Å²) < 4.78 is 5.44. The Morgan fingerprint density at radius 2 is 1.90 bits per heavy atom. The van der Waals surface area contributed by atoms with Gasteiger partial charge >= 0.3 is 0 Å². The van der Waals surface area contributed by atoms with E-state index in [1.54, 1.807) is 7.11 Å². The van der Waals surface area contributed by atoms with Crippen LogP contribution in [0.3, 0.4) is 0 Å². The predicted molar refractivity (Wildman–Crippen MR) is 45.2 cm³/mol. The maximum Gasteiger partial charge on any atom is 0.0673 e. The molecule has 0 aromatic rings. The normalized spacial score (nSPS) is 17.4. The van der Waals surface area contributed by atoms with Gasteiger partial charge in [0.25, 0.3) is 0 Å². The van der Waals surface area contributed by atoms with Crippen LogP contribution in [0, 0.1) is 5.92 Å². The van der Waals surface area contributed by atoms with Gasteiger partial charge in [0.15, 0.2) is 0 Å². The summed E-state index contributed by atoms with van der Waals surface area (Å²) in [6.45, 7) is 8.79. The fourth-order valence-corrected chi connectivity index (χ4v) is 1.12. The van der Waals surface area contributed by atoms with Gasteiger partial charge in [-0.2, -0.15) is 0 Å². The quantitative estimate of drug-likeness (QED) is 0.589. The van der Waals surface area contributed by atoms with Gasteiger partial charge in [0.1, 0.15) is 0 Å². The molecule has 1 atom stereocenters. The van der Waals surface area contributed by atoms with Gasteiger partial charge in [0.2, 0.25) is 0 Å². The van der Waals surface area contributed by atoms with Crippen LogP contribution < -0.4 is 0 Å². The van der Waals surface area contributed by atoms with Gasteiger partial charge in [-0.3, -0.25) is 0 Å². The molecular weight excluding hydrogens is 124 g/mol. The number of hydrogen-bond acceptors (Lipinski definition) is 1. The molecule has 0 radical (unpaired) electrons. The molecule has 0 N–H and O–H groups in total. The van der Waals surface area contributed by atoms with Crippen molar-refractivity contribution in [2.75, 3.05) is 7.11 Å². The molecule has 0 spiro atoms. The smallest absolute Gasteiger partial charge is 0.0673 e. The van der Waals surface area contributed by atoms with Gasteiger partial charge in [0, 0.05) is 7.11 Å². The molecule has 1 nitrogen and oxygen atoms in total. The third kappa shape index (κ3) is 2.30. The topological polar surface area (TPSA) is 9.23 Å². The number of rotatable bonds is 4. The third-order valence-corrected chi connectivity index (χ3v) is 2.43. The summed E-state index contributed by atoms with van der Waals surface area (Å²) in [5.41, 5.74) is 0.0920. The van der Waals surface area contributed by atoms with Crippen LogP contribution in [0.25, 0.3) is 0 Å². The van der Waals surface area contributed by atoms with Crippen LogP contribution in [0.5, 0.6) is 0 Å². The molecule has 0 heterocycles. The highest BCUT2D eigenvalue weighted by Gasteiger charge is 2.26. The summed E-state index contributed by atoms with van der Waals surface area (Å²) in [6, 6.07) is 0. The molecule has 0 rings (SSSR count). The Kier molecular flexibility index (Phi) is 3.95. The number of ether oxygens (including phenoxy) is 1. The minimum Gasteiger partial charge on any atom is -0.378 e. The Labute approximate surface area is 64.8 Å². The summed E-state index contributed by atoms with van der Waals surface area (Å²) in [5, 5.41) is 0. The highest BCUT2D eigenvalue weighted by Crippen LogP contribution is 2.25. The lowest BCUT2D eigenvalue weighted by Crippen LogP contribution is -2.33. The predicted octanol–water partition coefficient (Wildman–Crippen LogP) is 2.85. The van der Waals surface area contributed by atoms with Crippen LogP contribution in [0.15, 0.2) is 0 Å². The Hall–Kier alpha value is -0.0400. The van der Waals surface area contributed by atoms with E-state index >= 15 is 0 Å². The molecule has 10 heavy (non-hydrogen) atoms. The molecule has 0 saturated heterocycles. The average molecular weight is 144 g/mol. The van der Waals surface area contributed by atoms with E-state index in [0.717, 1.165) is 6.42 Å². The van der Waals surface area contributed by atoms with Crippen molar-refractivity contribution in [3.63, 3.8) is 0 Å². The first-order chi connectivity index (χ1) is 4.56. The zero-order chi connectivity index (χ0) is 8.20. The Balaban J connectivity index is 3.94. The average Bonchev–Trinajstić information content (AvgIpc) is 1.88. The molecule has 0 aliphatic rings. The van der Waals surface area contributed by atoms with Crippen molar-refractivity contribution < 1.29 is 4.74 Å². The summed E-state index contributed by atoms with van der Waals surface area (Å²) in [6.07, 6.45) is 2.35. The first-order valence-electron chi connectivity index (χ1n) is 4.12. The zero-order valence-electron chi connectivity index (χ0n) is 7.90. The van der Waals surface area contributed by atoms with Crippen molar-refractivity contribution in [1.82, 2.24) is 0 Å². The van der Waals surface area contributed by atoms with E-state index in [2.05, 4.69) is 27.7 Å². The molecular formula is C9H20O. The number of hydrogen-bond donors (Lipinski definition) is 0. The van der Waals surface area contributed by atoms with Gasteiger partial charge in [-0.1, -0.05) is 27.2 Å². The van der Waals surface area contributed by atoms with Crippen LogP contribution in [-0.4, -0.2) is 12.7 Å². The largest absolute Gasteiger partial charge is 0.378 e. The maximum absolute atomic E-state index is 5.44. The lowest BCUT2D eigenvalue weighted by molar-refractivity contribution is -0.0390. The monoisotopic (exact) mass is 144 g/mol. The first-order valence-corrected chi connectivity index (χ1v) is 4.12. The second kappa shape index (κ2) is 3.97. The molecule has 0 amide bonds.